The SMILES string of the molecule is CC(C)c1nc(C2CC2)c(C(=O)O)o1. The van der Waals surface area contributed by atoms with Gasteiger partial charge in [-0.15, -0.1) is 0 Å². The lowest BCUT2D eigenvalue weighted by Gasteiger charge is -1.94. The molecule has 0 aromatic carbocycles. The molecule has 4 nitrogen and oxygen atoms in total. The largest absolute Gasteiger partial charge is 0.475 e. The van der Waals surface area contributed by atoms with Gasteiger partial charge in [-0.1, -0.05) is 13.8 Å². The van der Waals surface area contributed by atoms with Crippen molar-refractivity contribution < 1.29 is 14.3 Å². The molecule has 1 fully saturated rings. The molecule has 4 heteroatoms. The summed E-state index contributed by atoms with van der Waals surface area (Å²) in [7, 11) is 0. The Bertz CT molecular complexity index is 363. The van der Waals surface area contributed by atoms with E-state index in [1.54, 1.807) is 0 Å². The Morgan fingerprint density at radius 3 is 2.64 bits per heavy atom. The number of aromatic carboxylic acids is 1. The van der Waals surface area contributed by atoms with Crippen LogP contribution in [0, 0.1) is 0 Å². The minimum atomic E-state index is -1.01. The number of carboxylic acid groups (broad SMARTS) is 1. The maximum Gasteiger partial charge on any atom is 0.373 e. The number of hydrogen-bond acceptors (Lipinski definition) is 3. The third kappa shape index (κ3) is 1.52. The normalized spacial score (nSPS) is 16.2. The van der Waals surface area contributed by atoms with Gasteiger partial charge in [-0.25, -0.2) is 9.78 Å². The van der Waals surface area contributed by atoms with E-state index in [1.165, 1.54) is 0 Å². The fraction of sp³-hybridized carbons (Fsp3) is 0.600. The van der Waals surface area contributed by atoms with E-state index >= 15 is 0 Å². The van der Waals surface area contributed by atoms with Crippen LogP contribution in [0.3, 0.4) is 0 Å². The van der Waals surface area contributed by atoms with Crippen molar-refractivity contribution in [1.29, 1.82) is 0 Å². The molecule has 0 spiro atoms. The second kappa shape index (κ2) is 3.12. The molecule has 2 rings (SSSR count). The lowest BCUT2D eigenvalue weighted by atomic mass is 10.2. The van der Waals surface area contributed by atoms with Crippen molar-refractivity contribution in [1.82, 2.24) is 4.98 Å². The van der Waals surface area contributed by atoms with Crippen LogP contribution >= 0.6 is 0 Å². The Morgan fingerprint density at radius 1 is 1.57 bits per heavy atom. The molecule has 0 bridgehead atoms. The van der Waals surface area contributed by atoms with E-state index in [-0.39, 0.29) is 11.7 Å². The summed E-state index contributed by atoms with van der Waals surface area (Å²) in [6.45, 7) is 3.88. The summed E-state index contributed by atoms with van der Waals surface area (Å²) in [4.78, 5) is 15.1. The fourth-order valence-electron chi connectivity index (χ4n) is 1.38. The van der Waals surface area contributed by atoms with Gasteiger partial charge in [0.15, 0.2) is 5.89 Å². The highest BCUT2D eigenvalue weighted by Crippen LogP contribution is 2.41. The first-order valence-electron chi connectivity index (χ1n) is 4.83. The van der Waals surface area contributed by atoms with E-state index in [0.717, 1.165) is 12.8 Å². The number of hydrogen-bond donors (Lipinski definition) is 1. The molecule has 1 aliphatic rings. The van der Waals surface area contributed by atoms with Gasteiger partial charge in [0.2, 0.25) is 5.76 Å². The lowest BCUT2D eigenvalue weighted by Crippen LogP contribution is -1.98. The first-order valence-corrected chi connectivity index (χ1v) is 4.83. The molecule has 0 unspecified atom stereocenters. The van der Waals surface area contributed by atoms with Gasteiger partial charge in [0.25, 0.3) is 0 Å². The quantitative estimate of drug-likeness (QED) is 0.804. The maximum atomic E-state index is 10.9. The molecule has 0 aliphatic heterocycles. The summed E-state index contributed by atoms with van der Waals surface area (Å²) in [5.74, 6) is 0.0183. The van der Waals surface area contributed by atoms with E-state index in [4.69, 9.17) is 9.52 Å². The van der Waals surface area contributed by atoms with Crippen molar-refractivity contribution in [2.75, 3.05) is 0 Å². The molecule has 14 heavy (non-hydrogen) atoms. The van der Waals surface area contributed by atoms with Crippen LogP contribution in [0.1, 0.15) is 60.7 Å². The monoisotopic (exact) mass is 195 g/mol. The molecular weight excluding hydrogens is 182 g/mol. The zero-order chi connectivity index (χ0) is 10.3. The molecule has 1 N–H and O–H groups in total. The van der Waals surface area contributed by atoms with Crippen LogP contribution in [-0.4, -0.2) is 16.1 Å². The number of aromatic nitrogens is 1. The second-order valence-corrected chi connectivity index (χ2v) is 4.00. The second-order valence-electron chi connectivity index (χ2n) is 4.00. The number of carboxylic acids is 1. The van der Waals surface area contributed by atoms with Gasteiger partial charge < -0.3 is 9.52 Å². The Kier molecular flexibility index (Phi) is 2.06. The Morgan fingerprint density at radius 2 is 2.21 bits per heavy atom. The minimum absolute atomic E-state index is 0.0381. The average Bonchev–Trinajstić information content (AvgIpc) is 2.83. The van der Waals surface area contributed by atoms with Gasteiger partial charge in [-0.2, -0.15) is 0 Å². The summed E-state index contributed by atoms with van der Waals surface area (Å²) in [6, 6.07) is 0. The molecule has 1 saturated carbocycles. The average molecular weight is 195 g/mol. The van der Waals surface area contributed by atoms with Crippen LogP contribution in [-0.2, 0) is 0 Å². The van der Waals surface area contributed by atoms with E-state index in [0.29, 0.717) is 17.5 Å². The maximum absolute atomic E-state index is 10.9. The predicted molar refractivity (Wildman–Crippen MR) is 49.5 cm³/mol. The molecule has 0 saturated heterocycles. The molecule has 0 amide bonds. The molecule has 76 valence electrons. The summed E-state index contributed by atoms with van der Waals surface area (Å²) in [6.07, 6.45) is 2.06. The van der Waals surface area contributed by atoms with Gasteiger partial charge in [0.05, 0.1) is 5.69 Å². The van der Waals surface area contributed by atoms with Gasteiger partial charge in [-0.3, -0.25) is 0 Å². The third-order valence-electron chi connectivity index (χ3n) is 2.32. The first-order chi connectivity index (χ1) is 6.59. The van der Waals surface area contributed by atoms with Crippen LogP contribution in [0.2, 0.25) is 0 Å². The zero-order valence-electron chi connectivity index (χ0n) is 8.28. The highest BCUT2D eigenvalue weighted by molar-refractivity contribution is 5.86. The Labute approximate surface area is 81.9 Å². The van der Waals surface area contributed by atoms with Crippen molar-refractivity contribution in [2.24, 2.45) is 0 Å². The van der Waals surface area contributed by atoms with Crippen molar-refractivity contribution in [3.63, 3.8) is 0 Å². The van der Waals surface area contributed by atoms with Crippen LogP contribution in [0.5, 0.6) is 0 Å². The molecule has 1 aromatic heterocycles. The number of nitrogens with zero attached hydrogens (tertiary/aromatic N) is 1. The van der Waals surface area contributed by atoms with Crippen LogP contribution in [0.15, 0.2) is 4.42 Å². The van der Waals surface area contributed by atoms with Gasteiger partial charge in [0, 0.05) is 11.8 Å². The molecule has 1 aromatic rings. The van der Waals surface area contributed by atoms with Gasteiger partial charge >= 0.3 is 5.97 Å². The standard InChI is InChI=1S/C10H13NO3/c1-5(2)9-11-7(6-3-4-6)8(14-9)10(12)13/h5-6H,3-4H2,1-2H3,(H,12,13). The molecular formula is C10H13NO3. The minimum Gasteiger partial charge on any atom is -0.475 e. The van der Waals surface area contributed by atoms with E-state index in [1.807, 2.05) is 13.8 Å². The van der Waals surface area contributed by atoms with Crippen molar-refractivity contribution in [2.45, 2.75) is 38.5 Å². The summed E-state index contributed by atoms with van der Waals surface area (Å²) < 4.78 is 5.23. The van der Waals surface area contributed by atoms with Crippen LogP contribution in [0.25, 0.3) is 0 Å². The van der Waals surface area contributed by atoms with E-state index < -0.39 is 5.97 Å². The number of rotatable bonds is 3. The molecule has 1 aliphatic carbocycles. The zero-order valence-corrected chi connectivity index (χ0v) is 8.28. The van der Waals surface area contributed by atoms with Crippen molar-refractivity contribution in [3.05, 3.63) is 17.3 Å². The Hall–Kier alpha value is -1.32. The number of oxazole rings is 1. The van der Waals surface area contributed by atoms with Gasteiger partial charge in [-0.05, 0) is 12.8 Å². The van der Waals surface area contributed by atoms with Crippen LogP contribution < -0.4 is 0 Å². The summed E-state index contributed by atoms with van der Waals surface area (Å²) >= 11 is 0. The van der Waals surface area contributed by atoms with E-state index in [9.17, 15) is 4.79 Å². The van der Waals surface area contributed by atoms with Crippen molar-refractivity contribution in [3.8, 4) is 0 Å². The van der Waals surface area contributed by atoms with Crippen LogP contribution in [0.4, 0.5) is 0 Å². The van der Waals surface area contributed by atoms with Gasteiger partial charge in [0.1, 0.15) is 0 Å². The Balaban J connectivity index is 2.40. The topological polar surface area (TPSA) is 63.3 Å². The predicted octanol–water partition coefficient (Wildman–Crippen LogP) is 2.37. The van der Waals surface area contributed by atoms with Crippen molar-refractivity contribution >= 4 is 5.97 Å². The molecule has 0 radical (unpaired) electrons. The fourth-order valence-corrected chi connectivity index (χ4v) is 1.38. The lowest BCUT2D eigenvalue weighted by molar-refractivity contribution is 0.0658. The third-order valence-corrected chi connectivity index (χ3v) is 2.32. The molecule has 1 heterocycles. The summed E-state index contributed by atoms with van der Waals surface area (Å²) in [5, 5.41) is 8.90. The first kappa shape index (κ1) is 9.24. The number of carbonyl (C=O) groups is 1. The highest BCUT2D eigenvalue weighted by atomic mass is 16.4. The summed E-state index contributed by atoms with van der Waals surface area (Å²) in [5.41, 5.74) is 0.640. The molecule has 0 atom stereocenters. The highest BCUT2D eigenvalue weighted by Gasteiger charge is 2.33. The van der Waals surface area contributed by atoms with E-state index in [2.05, 4.69) is 4.98 Å². The smallest absolute Gasteiger partial charge is 0.373 e.